The Hall–Kier alpha value is -0.0800. The quantitative estimate of drug-likeness (QED) is 0.654. The van der Waals surface area contributed by atoms with Crippen molar-refractivity contribution < 1.29 is 0 Å². The van der Waals surface area contributed by atoms with Crippen LogP contribution in [0.2, 0.25) is 0 Å². The largest absolute Gasteiger partial charge is 0.329 e. The van der Waals surface area contributed by atoms with Gasteiger partial charge in [-0.25, -0.2) is 0 Å². The van der Waals surface area contributed by atoms with Crippen LogP contribution in [0.3, 0.4) is 0 Å². The Morgan fingerprint density at radius 1 is 1.31 bits per heavy atom. The standard InChI is InChI=1S/C11H24N2/c1-3-11(4-2)13(8-7-12)9-10-5-6-10/h10-11H,3-9,12H2,1-2H3. The summed E-state index contributed by atoms with van der Waals surface area (Å²) in [6, 6.07) is 0.768. The van der Waals surface area contributed by atoms with Gasteiger partial charge in [0, 0.05) is 25.7 Å². The smallest absolute Gasteiger partial charge is 0.0108 e. The average Bonchev–Trinajstić information content (AvgIpc) is 2.91. The Kier molecular flexibility index (Phi) is 4.74. The van der Waals surface area contributed by atoms with E-state index < -0.39 is 0 Å². The minimum atomic E-state index is 0.768. The first kappa shape index (κ1) is 11.0. The van der Waals surface area contributed by atoms with E-state index in [1.165, 1.54) is 32.2 Å². The summed E-state index contributed by atoms with van der Waals surface area (Å²) in [5.41, 5.74) is 5.63. The highest BCUT2D eigenvalue weighted by molar-refractivity contribution is 4.80. The Balaban J connectivity index is 2.32. The van der Waals surface area contributed by atoms with Gasteiger partial charge in [-0.2, -0.15) is 0 Å². The van der Waals surface area contributed by atoms with E-state index in [4.69, 9.17) is 5.73 Å². The van der Waals surface area contributed by atoms with E-state index in [-0.39, 0.29) is 0 Å². The second-order valence-electron chi connectivity index (χ2n) is 4.20. The molecule has 2 heteroatoms. The maximum atomic E-state index is 5.63. The van der Waals surface area contributed by atoms with Crippen molar-refractivity contribution in [3.8, 4) is 0 Å². The first-order valence-electron chi connectivity index (χ1n) is 5.75. The molecule has 0 heterocycles. The summed E-state index contributed by atoms with van der Waals surface area (Å²) < 4.78 is 0. The topological polar surface area (TPSA) is 29.3 Å². The lowest BCUT2D eigenvalue weighted by Gasteiger charge is -2.29. The summed E-state index contributed by atoms with van der Waals surface area (Å²) in [6.07, 6.45) is 5.43. The van der Waals surface area contributed by atoms with Gasteiger partial charge in [0.05, 0.1) is 0 Å². The third-order valence-electron chi connectivity index (χ3n) is 3.06. The molecule has 1 rings (SSSR count). The van der Waals surface area contributed by atoms with Crippen molar-refractivity contribution in [3.05, 3.63) is 0 Å². The second-order valence-corrected chi connectivity index (χ2v) is 4.20. The molecule has 0 bridgehead atoms. The van der Waals surface area contributed by atoms with E-state index in [0.29, 0.717) is 0 Å². The molecule has 0 aromatic carbocycles. The molecule has 0 spiro atoms. The SMILES string of the molecule is CCC(CC)N(CCN)CC1CC1. The summed E-state index contributed by atoms with van der Waals surface area (Å²) in [5, 5.41) is 0. The van der Waals surface area contributed by atoms with Crippen LogP contribution < -0.4 is 5.73 Å². The van der Waals surface area contributed by atoms with Gasteiger partial charge in [0.15, 0.2) is 0 Å². The molecule has 0 radical (unpaired) electrons. The molecule has 1 fully saturated rings. The van der Waals surface area contributed by atoms with Crippen LogP contribution in [0.5, 0.6) is 0 Å². The highest BCUT2D eigenvalue weighted by Gasteiger charge is 2.26. The molecule has 2 nitrogen and oxygen atoms in total. The van der Waals surface area contributed by atoms with Crippen LogP contribution in [-0.4, -0.2) is 30.6 Å². The lowest BCUT2D eigenvalue weighted by atomic mass is 10.1. The Bertz CT molecular complexity index is 128. The second kappa shape index (κ2) is 5.61. The molecular formula is C11H24N2. The number of rotatable bonds is 7. The maximum Gasteiger partial charge on any atom is 0.0108 e. The Labute approximate surface area is 82.5 Å². The first-order valence-corrected chi connectivity index (χ1v) is 5.75. The molecule has 1 saturated carbocycles. The fraction of sp³-hybridized carbons (Fsp3) is 1.00. The zero-order valence-electron chi connectivity index (χ0n) is 9.13. The van der Waals surface area contributed by atoms with Gasteiger partial charge in [-0.3, -0.25) is 4.90 Å². The maximum absolute atomic E-state index is 5.63. The van der Waals surface area contributed by atoms with E-state index in [0.717, 1.165) is 25.0 Å². The van der Waals surface area contributed by atoms with E-state index in [1.807, 2.05) is 0 Å². The van der Waals surface area contributed by atoms with Crippen molar-refractivity contribution in [3.63, 3.8) is 0 Å². The highest BCUT2D eigenvalue weighted by atomic mass is 15.2. The molecule has 1 aliphatic rings. The summed E-state index contributed by atoms with van der Waals surface area (Å²) in [4.78, 5) is 2.59. The van der Waals surface area contributed by atoms with Gasteiger partial charge in [0.2, 0.25) is 0 Å². The van der Waals surface area contributed by atoms with Gasteiger partial charge in [0.1, 0.15) is 0 Å². The molecule has 78 valence electrons. The summed E-state index contributed by atoms with van der Waals surface area (Å²) >= 11 is 0. The highest BCUT2D eigenvalue weighted by Crippen LogP contribution is 2.30. The number of nitrogens with two attached hydrogens (primary N) is 1. The van der Waals surface area contributed by atoms with Crippen LogP contribution in [-0.2, 0) is 0 Å². The average molecular weight is 184 g/mol. The van der Waals surface area contributed by atoms with Crippen LogP contribution in [0.15, 0.2) is 0 Å². The third kappa shape index (κ3) is 3.65. The molecule has 1 aliphatic carbocycles. The predicted octanol–water partition coefficient (Wildman–Crippen LogP) is 1.85. The van der Waals surface area contributed by atoms with Gasteiger partial charge in [-0.15, -0.1) is 0 Å². The van der Waals surface area contributed by atoms with Crippen molar-refractivity contribution in [2.75, 3.05) is 19.6 Å². The van der Waals surface area contributed by atoms with Gasteiger partial charge < -0.3 is 5.73 Å². The van der Waals surface area contributed by atoms with Gasteiger partial charge in [-0.1, -0.05) is 13.8 Å². The van der Waals surface area contributed by atoms with E-state index >= 15 is 0 Å². The van der Waals surface area contributed by atoms with Crippen molar-refractivity contribution in [1.82, 2.24) is 4.90 Å². The minimum absolute atomic E-state index is 0.768. The van der Waals surface area contributed by atoms with Crippen LogP contribution in [0.25, 0.3) is 0 Å². The van der Waals surface area contributed by atoms with Crippen molar-refractivity contribution >= 4 is 0 Å². The summed E-state index contributed by atoms with van der Waals surface area (Å²) in [7, 11) is 0. The normalized spacial score (nSPS) is 17.3. The summed E-state index contributed by atoms with van der Waals surface area (Å²) in [6.45, 7) is 7.75. The lowest BCUT2D eigenvalue weighted by Crippen LogP contribution is -2.39. The number of nitrogens with zero attached hydrogens (tertiary/aromatic N) is 1. The van der Waals surface area contributed by atoms with Crippen LogP contribution in [0, 0.1) is 5.92 Å². The van der Waals surface area contributed by atoms with Gasteiger partial charge in [0.25, 0.3) is 0 Å². The Morgan fingerprint density at radius 2 is 1.92 bits per heavy atom. The lowest BCUT2D eigenvalue weighted by molar-refractivity contribution is 0.183. The van der Waals surface area contributed by atoms with Crippen molar-refractivity contribution in [1.29, 1.82) is 0 Å². The number of hydrogen-bond donors (Lipinski definition) is 1. The van der Waals surface area contributed by atoms with Crippen LogP contribution in [0.1, 0.15) is 39.5 Å². The molecule has 13 heavy (non-hydrogen) atoms. The first-order chi connectivity index (χ1) is 6.31. The van der Waals surface area contributed by atoms with Crippen molar-refractivity contribution in [2.24, 2.45) is 11.7 Å². The van der Waals surface area contributed by atoms with Gasteiger partial charge in [-0.05, 0) is 31.6 Å². The number of hydrogen-bond acceptors (Lipinski definition) is 2. The van der Waals surface area contributed by atoms with E-state index in [9.17, 15) is 0 Å². The van der Waals surface area contributed by atoms with E-state index in [2.05, 4.69) is 18.7 Å². The molecule has 0 atom stereocenters. The fourth-order valence-corrected chi connectivity index (χ4v) is 2.03. The zero-order valence-corrected chi connectivity index (χ0v) is 9.13. The predicted molar refractivity (Wildman–Crippen MR) is 57.7 cm³/mol. The minimum Gasteiger partial charge on any atom is -0.329 e. The Morgan fingerprint density at radius 3 is 2.31 bits per heavy atom. The molecule has 0 amide bonds. The van der Waals surface area contributed by atoms with E-state index in [1.54, 1.807) is 0 Å². The molecule has 0 aliphatic heterocycles. The third-order valence-corrected chi connectivity index (χ3v) is 3.06. The fourth-order valence-electron chi connectivity index (χ4n) is 2.03. The molecule has 0 unspecified atom stereocenters. The monoisotopic (exact) mass is 184 g/mol. The zero-order chi connectivity index (χ0) is 9.68. The van der Waals surface area contributed by atoms with Gasteiger partial charge >= 0.3 is 0 Å². The van der Waals surface area contributed by atoms with Crippen molar-refractivity contribution in [2.45, 2.75) is 45.6 Å². The molecule has 0 saturated heterocycles. The molecule has 2 N–H and O–H groups in total. The molecule has 0 aromatic rings. The van der Waals surface area contributed by atoms with Crippen LogP contribution in [0.4, 0.5) is 0 Å². The van der Waals surface area contributed by atoms with Crippen LogP contribution >= 0.6 is 0 Å². The molecule has 0 aromatic heterocycles. The summed E-state index contributed by atoms with van der Waals surface area (Å²) in [5.74, 6) is 0.993. The molecular weight excluding hydrogens is 160 g/mol.